The zero-order valence-electron chi connectivity index (χ0n) is 11.9. The highest BCUT2D eigenvalue weighted by Crippen LogP contribution is 2.39. The fourth-order valence-electron chi connectivity index (χ4n) is 4.05. The maximum absolute atomic E-state index is 6.13. The zero-order chi connectivity index (χ0) is 13.4. The first-order valence-electron chi connectivity index (χ1n) is 7.90. The van der Waals surface area contributed by atoms with E-state index in [1.807, 2.05) is 0 Å². The predicted octanol–water partition coefficient (Wildman–Crippen LogP) is 3.32. The van der Waals surface area contributed by atoms with Crippen LogP contribution in [-0.4, -0.2) is 29.8 Å². The van der Waals surface area contributed by atoms with Crippen molar-refractivity contribution in [2.75, 3.05) is 18.1 Å². The number of aryl methyl sites for hydroxylation is 1. The SMILES string of the molecule is c1ccc2c(c1)CCC2NC1CCOC2(CCSC2)C1. The standard InChI is InChI=1S/C17H23NOS/c1-2-4-15-13(3-1)5-6-16(15)18-14-7-9-19-17(11-14)8-10-20-12-17/h1-4,14,16,18H,5-12H2. The lowest BCUT2D eigenvalue weighted by atomic mass is 9.89. The number of nitrogens with one attached hydrogen (secondary N) is 1. The number of rotatable bonds is 2. The van der Waals surface area contributed by atoms with Gasteiger partial charge in [0.25, 0.3) is 0 Å². The fourth-order valence-corrected chi connectivity index (χ4v) is 5.43. The molecule has 2 heterocycles. The van der Waals surface area contributed by atoms with Crippen LogP contribution < -0.4 is 5.32 Å². The number of fused-ring (bicyclic) bond motifs is 1. The van der Waals surface area contributed by atoms with Gasteiger partial charge in [0.2, 0.25) is 0 Å². The van der Waals surface area contributed by atoms with Crippen molar-refractivity contribution >= 4 is 11.8 Å². The van der Waals surface area contributed by atoms with Crippen molar-refractivity contribution in [3.8, 4) is 0 Å². The molecule has 1 aromatic rings. The van der Waals surface area contributed by atoms with Crippen LogP contribution in [0.5, 0.6) is 0 Å². The highest BCUT2D eigenvalue weighted by atomic mass is 32.2. The Morgan fingerprint density at radius 1 is 1.25 bits per heavy atom. The number of hydrogen-bond donors (Lipinski definition) is 1. The minimum atomic E-state index is 0.193. The highest BCUT2D eigenvalue weighted by molar-refractivity contribution is 7.99. The molecule has 2 saturated heterocycles. The molecule has 2 nitrogen and oxygen atoms in total. The summed E-state index contributed by atoms with van der Waals surface area (Å²) in [5, 5.41) is 3.94. The summed E-state index contributed by atoms with van der Waals surface area (Å²) in [6.45, 7) is 0.937. The quantitative estimate of drug-likeness (QED) is 0.902. The largest absolute Gasteiger partial charge is 0.374 e. The first-order valence-corrected chi connectivity index (χ1v) is 9.06. The Kier molecular flexibility index (Phi) is 3.53. The van der Waals surface area contributed by atoms with Crippen LogP contribution in [0.3, 0.4) is 0 Å². The van der Waals surface area contributed by atoms with Crippen molar-refractivity contribution in [3.05, 3.63) is 35.4 Å². The minimum Gasteiger partial charge on any atom is -0.374 e. The molecule has 3 aliphatic rings. The Morgan fingerprint density at radius 2 is 2.20 bits per heavy atom. The lowest BCUT2D eigenvalue weighted by molar-refractivity contribution is -0.0713. The predicted molar refractivity (Wildman–Crippen MR) is 84.3 cm³/mol. The molecule has 1 spiro atoms. The van der Waals surface area contributed by atoms with E-state index < -0.39 is 0 Å². The Bertz CT molecular complexity index is 484. The number of ether oxygens (including phenoxy) is 1. The summed E-state index contributed by atoms with van der Waals surface area (Å²) >= 11 is 2.06. The number of hydrogen-bond acceptors (Lipinski definition) is 3. The molecule has 108 valence electrons. The molecule has 3 atom stereocenters. The Labute approximate surface area is 125 Å². The third kappa shape index (κ3) is 2.40. The first kappa shape index (κ1) is 13.2. The van der Waals surface area contributed by atoms with Crippen LogP contribution in [0.15, 0.2) is 24.3 Å². The summed E-state index contributed by atoms with van der Waals surface area (Å²) in [6, 6.07) is 10.1. The summed E-state index contributed by atoms with van der Waals surface area (Å²) < 4.78 is 6.13. The van der Waals surface area contributed by atoms with Crippen LogP contribution in [0.4, 0.5) is 0 Å². The molecule has 1 N–H and O–H groups in total. The number of thioether (sulfide) groups is 1. The van der Waals surface area contributed by atoms with Crippen LogP contribution >= 0.6 is 11.8 Å². The number of benzene rings is 1. The van der Waals surface area contributed by atoms with Gasteiger partial charge in [-0.3, -0.25) is 0 Å². The van der Waals surface area contributed by atoms with Gasteiger partial charge < -0.3 is 10.1 Å². The van der Waals surface area contributed by atoms with E-state index in [-0.39, 0.29) is 5.60 Å². The van der Waals surface area contributed by atoms with Gasteiger partial charge in [0.15, 0.2) is 0 Å². The van der Waals surface area contributed by atoms with Gasteiger partial charge in [-0.1, -0.05) is 24.3 Å². The average molecular weight is 289 g/mol. The van der Waals surface area contributed by atoms with Crippen molar-refractivity contribution in [2.45, 2.75) is 49.8 Å². The van der Waals surface area contributed by atoms with E-state index in [0.717, 1.165) is 6.61 Å². The molecule has 3 heteroatoms. The van der Waals surface area contributed by atoms with E-state index in [1.165, 1.54) is 49.2 Å². The van der Waals surface area contributed by atoms with E-state index >= 15 is 0 Å². The molecule has 3 unspecified atom stereocenters. The van der Waals surface area contributed by atoms with Gasteiger partial charge in [-0.05, 0) is 49.0 Å². The smallest absolute Gasteiger partial charge is 0.0795 e. The monoisotopic (exact) mass is 289 g/mol. The molecule has 2 aliphatic heterocycles. The summed E-state index contributed by atoms with van der Waals surface area (Å²) in [7, 11) is 0. The van der Waals surface area contributed by atoms with Crippen LogP contribution in [0.2, 0.25) is 0 Å². The molecule has 0 amide bonds. The van der Waals surface area contributed by atoms with Crippen molar-refractivity contribution in [1.82, 2.24) is 5.32 Å². The van der Waals surface area contributed by atoms with Crippen molar-refractivity contribution in [3.63, 3.8) is 0 Å². The van der Waals surface area contributed by atoms with Crippen LogP contribution in [0.1, 0.15) is 42.9 Å². The molecular formula is C17H23NOS. The Morgan fingerprint density at radius 3 is 3.10 bits per heavy atom. The lowest BCUT2D eigenvalue weighted by Gasteiger charge is -2.39. The summed E-state index contributed by atoms with van der Waals surface area (Å²) in [5.74, 6) is 2.48. The van der Waals surface area contributed by atoms with Crippen LogP contribution in [-0.2, 0) is 11.2 Å². The topological polar surface area (TPSA) is 21.3 Å². The summed E-state index contributed by atoms with van der Waals surface area (Å²) in [6.07, 6.45) is 6.12. The molecule has 1 aromatic carbocycles. The van der Waals surface area contributed by atoms with Crippen LogP contribution in [0.25, 0.3) is 0 Å². The molecule has 0 aromatic heterocycles. The third-order valence-corrected chi connectivity index (χ3v) is 6.35. The van der Waals surface area contributed by atoms with Gasteiger partial charge in [0.05, 0.1) is 5.60 Å². The second-order valence-electron chi connectivity index (χ2n) is 6.48. The van der Waals surface area contributed by atoms with Gasteiger partial charge in [0.1, 0.15) is 0 Å². The zero-order valence-corrected chi connectivity index (χ0v) is 12.8. The molecule has 1 aliphatic carbocycles. The van der Waals surface area contributed by atoms with E-state index in [2.05, 4.69) is 41.3 Å². The Balaban J connectivity index is 1.45. The molecule has 0 bridgehead atoms. The van der Waals surface area contributed by atoms with Gasteiger partial charge >= 0.3 is 0 Å². The summed E-state index contributed by atoms with van der Waals surface area (Å²) in [4.78, 5) is 0. The van der Waals surface area contributed by atoms with Crippen molar-refractivity contribution in [1.29, 1.82) is 0 Å². The van der Waals surface area contributed by atoms with E-state index in [1.54, 1.807) is 5.56 Å². The third-order valence-electron chi connectivity index (χ3n) is 5.13. The van der Waals surface area contributed by atoms with Gasteiger partial charge in [-0.25, -0.2) is 0 Å². The van der Waals surface area contributed by atoms with Gasteiger partial charge in [0, 0.05) is 24.4 Å². The lowest BCUT2D eigenvalue weighted by Crippen LogP contribution is -2.47. The van der Waals surface area contributed by atoms with Gasteiger partial charge in [-0.2, -0.15) is 11.8 Å². The minimum absolute atomic E-state index is 0.193. The fraction of sp³-hybridized carbons (Fsp3) is 0.647. The molecule has 2 fully saturated rings. The molecule has 0 saturated carbocycles. The Hall–Kier alpha value is -0.510. The molecule has 4 rings (SSSR count). The normalized spacial score (nSPS) is 36.4. The molecular weight excluding hydrogens is 266 g/mol. The van der Waals surface area contributed by atoms with Crippen LogP contribution in [0, 0.1) is 0 Å². The van der Waals surface area contributed by atoms with Crippen molar-refractivity contribution < 1.29 is 4.74 Å². The van der Waals surface area contributed by atoms with E-state index in [0.29, 0.717) is 12.1 Å². The molecule has 20 heavy (non-hydrogen) atoms. The maximum atomic E-state index is 6.13. The molecule has 0 radical (unpaired) electrons. The maximum Gasteiger partial charge on any atom is 0.0795 e. The summed E-state index contributed by atoms with van der Waals surface area (Å²) in [5.41, 5.74) is 3.27. The van der Waals surface area contributed by atoms with E-state index in [4.69, 9.17) is 4.74 Å². The average Bonchev–Trinajstić information content (AvgIpc) is 3.08. The van der Waals surface area contributed by atoms with Crippen molar-refractivity contribution in [2.24, 2.45) is 0 Å². The second-order valence-corrected chi connectivity index (χ2v) is 7.59. The second kappa shape index (κ2) is 5.36. The highest BCUT2D eigenvalue weighted by Gasteiger charge is 2.41. The first-order chi connectivity index (χ1) is 9.85. The van der Waals surface area contributed by atoms with E-state index in [9.17, 15) is 0 Å². The van der Waals surface area contributed by atoms with Gasteiger partial charge in [-0.15, -0.1) is 0 Å².